The number of aromatic hydroxyl groups is 1. The molecule has 0 spiro atoms. The number of hydrogen-bond acceptors (Lipinski definition) is 4. The van der Waals surface area contributed by atoms with Crippen LogP contribution in [0.25, 0.3) is 21.5 Å². The second-order valence-corrected chi connectivity index (χ2v) is 9.01. The first-order chi connectivity index (χ1) is 14.7. The van der Waals surface area contributed by atoms with Crippen molar-refractivity contribution in [2.24, 2.45) is 7.05 Å². The van der Waals surface area contributed by atoms with Gasteiger partial charge in [-0.1, -0.05) is 19.3 Å². The van der Waals surface area contributed by atoms with Gasteiger partial charge >= 0.3 is 6.18 Å². The molecular weight excluding hydrogens is 427 g/mol. The third kappa shape index (κ3) is 4.69. The van der Waals surface area contributed by atoms with E-state index in [0.29, 0.717) is 18.2 Å². The van der Waals surface area contributed by atoms with Gasteiger partial charge in [0.15, 0.2) is 0 Å². The fourth-order valence-electron chi connectivity index (χ4n) is 4.42. The summed E-state index contributed by atoms with van der Waals surface area (Å²) in [4.78, 5) is 1.17. The topological polar surface area (TPSA) is 65.6 Å². The highest BCUT2D eigenvalue weighted by atomic mass is 32.1. The van der Waals surface area contributed by atoms with Crippen LogP contribution in [-0.4, -0.2) is 19.9 Å². The number of aliphatic hydroxyl groups excluding tert-OH is 2. The molecule has 0 bridgehead atoms. The van der Waals surface area contributed by atoms with Crippen molar-refractivity contribution in [2.45, 2.75) is 51.1 Å². The van der Waals surface area contributed by atoms with Crippen LogP contribution in [0.1, 0.15) is 54.0 Å². The van der Waals surface area contributed by atoms with Crippen molar-refractivity contribution < 1.29 is 28.5 Å². The zero-order chi connectivity index (χ0) is 22.8. The first kappa shape index (κ1) is 23.1. The fraction of sp³-hybridized carbons (Fsp3) is 0.391. The highest BCUT2D eigenvalue weighted by Crippen LogP contribution is 2.49. The maximum Gasteiger partial charge on any atom is 0.417 e. The number of hydrogen-bond donors (Lipinski definition) is 3. The van der Waals surface area contributed by atoms with Crippen LogP contribution in [0.3, 0.4) is 0 Å². The monoisotopic (exact) mass is 453 g/mol. The van der Waals surface area contributed by atoms with Gasteiger partial charge in [-0.05, 0) is 55.5 Å². The number of thiophene rings is 1. The van der Waals surface area contributed by atoms with Crippen LogP contribution < -0.4 is 0 Å². The molecule has 3 N–H and O–H groups in total. The van der Waals surface area contributed by atoms with Gasteiger partial charge in [-0.15, -0.1) is 11.3 Å². The van der Waals surface area contributed by atoms with Gasteiger partial charge in [0.25, 0.3) is 0 Å². The molecule has 0 atom stereocenters. The Morgan fingerprint density at radius 1 is 1.06 bits per heavy atom. The van der Waals surface area contributed by atoms with Gasteiger partial charge < -0.3 is 19.9 Å². The Labute approximate surface area is 182 Å². The predicted octanol–water partition coefficient (Wildman–Crippen LogP) is 7.56. The molecule has 3 aromatic rings. The number of aromatic nitrogens is 1. The molecule has 0 amide bonds. The van der Waals surface area contributed by atoms with Crippen molar-refractivity contribution in [3.05, 3.63) is 52.8 Å². The Morgan fingerprint density at radius 2 is 1.71 bits per heavy atom. The van der Waals surface area contributed by atoms with Crippen molar-refractivity contribution in [1.29, 1.82) is 0 Å². The number of nitrogens with zero attached hydrogens (tertiary/aromatic N) is 1. The lowest BCUT2D eigenvalue weighted by atomic mass is 9.82. The van der Waals surface area contributed by atoms with Crippen LogP contribution in [0.5, 0.6) is 5.75 Å². The van der Waals surface area contributed by atoms with Gasteiger partial charge in [0.2, 0.25) is 0 Å². The van der Waals surface area contributed by atoms with E-state index >= 15 is 0 Å². The van der Waals surface area contributed by atoms with E-state index in [4.69, 9.17) is 10.2 Å². The second kappa shape index (κ2) is 9.26. The second-order valence-electron chi connectivity index (χ2n) is 7.75. The van der Waals surface area contributed by atoms with Gasteiger partial charge in [-0.2, -0.15) is 13.2 Å². The van der Waals surface area contributed by atoms with Crippen molar-refractivity contribution in [3.8, 4) is 17.0 Å². The lowest BCUT2D eigenvalue weighted by Gasteiger charge is -2.24. The number of phenols is 1. The Hall–Kier alpha value is -2.61. The molecule has 0 radical (unpaired) electrons. The molecule has 2 aromatic heterocycles. The van der Waals surface area contributed by atoms with E-state index in [1.54, 1.807) is 11.3 Å². The van der Waals surface area contributed by atoms with Gasteiger partial charge in [0.1, 0.15) is 18.3 Å². The van der Waals surface area contributed by atoms with Gasteiger partial charge in [0.05, 0.1) is 21.5 Å². The highest BCUT2D eigenvalue weighted by Gasteiger charge is 2.37. The maximum absolute atomic E-state index is 13.7. The first-order valence-corrected chi connectivity index (χ1v) is 10.9. The average Bonchev–Trinajstić information content (AvgIpc) is 3.24. The summed E-state index contributed by atoms with van der Waals surface area (Å²) in [5, 5.41) is 24.6. The fourth-order valence-corrected chi connectivity index (χ4v) is 5.59. The van der Waals surface area contributed by atoms with Crippen molar-refractivity contribution in [1.82, 2.24) is 4.57 Å². The van der Waals surface area contributed by atoms with Crippen molar-refractivity contribution >= 4 is 21.6 Å². The number of fused-ring (bicyclic) bond motifs is 1. The van der Waals surface area contributed by atoms with Crippen LogP contribution in [0, 0.1) is 6.92 Å². The van der Waals surface area contributed by atoms with Crippen LogP contribution >= 0.6 is 11.3 Å². The summed E-state index contributed by atoms with van der Waals surface area (Å²) in [6, 6.07) is 5.66. The maximum atomic E-state index is 13.7. The van der Waals surface area contributed by atoms with Crippen molar-refractivity contribution in [3.63, 3.8) is 0 Å². The summed E-state index contributed by atoms with van der Waals surface area (Å²) in [5.74, 6) is -0.0810. The average molecular weight is 454 g/mol. The van der Waals surface area contributed by atoms with Crippen LogP contribution in [0.4, 0.5) is 13.2 Å². The molecule has 1 fully saturated rings. The Kier molecular flexibility index (Phi) is 6.89. The summed E-state index contributed by atoms with van der Waals surface area (Å²) >= 11 is 1.67. The molecule has 168 valence electrons. The minimum Gasteiger partial charge on any atom is -0.512 e. The quantitative estimate of drug-likeness (QED) is 0.351. The number of aryl methyl sites for hydroxylation is 2. The molecular formula is C23H26F3NO3S. The number of rotatable bonds is 2. The van der Waals surface area contributed by atoms with Gasteiger partial charge in [-0.25, -0.2) is 0 Å². The van der Waals surface area contributed by atoms with Crippen LogP contribution in [-0.2, 0) is 13.2 Å². The highest BCUT2D eigenvalue weighted by molar-refractivity contribution is 7.19. The molecule has 0 aliphatic heterocycles. The zero-order valence-corrected chi connectivity index (χ0v) is 18.2. The summed E-state index contributed by atoms with van der Waals surface area (Å²) in [6.45, 7) is 2.04. The summed E-state index contributed by atoms with van der Waals surface area (Å²) in [5.41, 5.74) is 2.08. The number of aliphatic hydroxyl groups is 2. The molecule has 2 heterocycles. The lowest BCUT2D eigenvalue weighted by molar-refractivity contribution is -0.137. The van der Waals surface area contributed by atoms with Crippen molar-refractivity contribution in [2.75, 3.05) is 0 Å². The van der Waals surface area contributed by atoms with E-state index in [1.165, 1.54) is 23.4 Å². The molecule has 1 saturated carbocycles. The number of halogens is 3. The molecule has 0 unspecified atom stereocenters. The predicted molar refractivity (Wildman–Crippen MR) is 118 cm³/mol. The molecule has 4 nitrogen and oxygen atoms in total. The minimum atomic E-state index is -4.52. The molecule has 1 aromatic carbocycles. The normalized spacial score (nSPS) is 15.4. The van der Waals surface area contributed by atoms with Gasteiger partial charge in [0, 0.05) is 17.5 Å². The molecule has 0 saturated heterocycles. The van der Waals surface area contributed by atoms with Crippen LogP contribution in [0.2, 0.25) is 0 Å². The molecule has 8 heteroatoms. The number of phenolic OH excluding ortho intramolecular Hbond substituents is 1. The van der Waals surface area contributed by atoms with Gasteiger partial charge in [-0.3, -0.25) is 0 Å². The van der Waals surface area contributed by atoms with E-state index in [0.717, 1.165) is 47.5 Å². The minimum absolute atomic E-state index is 0.157. The zero-order valence-electron chi connectivity index (χ0n) is 17.4. The summed E-state index contributed by atoms with van der Waals surface area (Å²) in [6.07, 6.45) is 2.05. The van der Waals surface area contributed by atoms with E-state index in [-0.39, 0.29) is 17.2 Å². The Bertz CT molecular complexity index is 1070. The Morgan fingerprint density at radius 3 is 2.29 bits per heavy atom. The molecule has 1 aliphatic rings. The molecule has 4 rings (SSSR count). The van der Waals surface area contributed by atoms with E-state index in [9.17, 15) is 18.3 Å². The van der Waals surface area contributed by atoms with E-state index in [2.05, 4.69) is 6.07 Å². The van der Waals surface area contributed by atoms with E-state index < -0.39 is 11.7 Å². The third-order valence-electron chi connectivity index (χ3n) is 5.68. The summed E-state index contributed by atoms with van der Waals surface area (Å²) < 4.78 is 44.3. The largest absolute Gasteiger partial charge is 0.512 e. The lowest BCUT2D eigenvalue weighted by Crippen LogP contribution is -2.11. The summed E-state index contributed by atoms with van der Waals surface area (Å²) in [7, 11) is 1.85. The van der Waals surface area contributed by atoms with Crippen LogP contribution in [0.15, 0.2) is 36.8 Å². The SMILES string of the molecule is Cc1cc2c(s1)c(C1CCCCC1)c(-c1ccc(O)cc1C(F)(F)F)n2C.O/C=C\O. The smallest absolute Gasteiger partial charge is 0.417 e. The molecule has 31 heavy (non-hydrogen) atoms. The molecule has 1 aliphatic carbocycles. The standard InChI is InChI=1S/C21H22F3NOS.C2H4O2/c1-12-10-17-20(27-12)18(13-6-4-3-5-7-13)19(25(17)2)15-9-8-14(26)11-16(15)21(22,23)24;3-1-2-4/h8-11,13,26H,3-7H2,1-2H3;1-4H/b;2-1-. The van der Waals surface area contributed by atoms with E-state index in [1.807, 2.05) is 18.5 Å². The third-order valence-corrected chi connectivity index (χ3v) is 6.75. The Balaban J connectivity index is 0.000000628. The number of benzene rings is 1. The number of alkyl halides is 3. The first-order valence-electron chi connectivity index (χ1n) is 10.1.